The molecule has 0 aliphatic heterocycles. The minimum Gasteiger partial charge on any atom is -0.425 e. The number of carbonyl (C=O) groups excluding carboxylic acids is 1. The van der Waals surface area contributed by atoms with Gasteiger partial charge in [-0.15, -0.1) is 0 Å². The Morgan fingerprint density at radius 3 is 2.41 bits per heavy atom. The molecular formula is C11H9BrI2O3. The van der Waals surface area contributed by atoms with Crippen molar-refractivity contribution >= 4 is 67.1 Å². The maximum atomic E-state index is 11.4. The lowest BCUT2D eigenvalue weighted by Crippen LogP contribution is -2.16. The van der Waals surface area contributed by atoms with Crippen molar-refractivity contribution in [2.24, 2.45) is 0 Å². The van der Waals surface area contributed by atoms with Crippen molar-refractivity contribution in [1.82, 2.24) is 0 Å². The van der Waals surface area contributed by atoms with E-state index in [9.17, 15) is 4.79 Å². The summed E-state index contributed by atoms with van der Waals surface area (Å²) in [5.41, 5.74) is 0. The average Bonchev–Trinajstić information content (AvgIpc) is 2.30. The van der Waals surface area contributed by atoms with Gasteiger partial charge in [0, 0.05) is 3.58 Å². The van der Waals surface area contributed by atoms with Gasteiger partial charge in [-0.1, -0.05) is 18.2 Å². The van der Waals surface area contributed by atoms with E-state index < -0.39 is 5.97 Å². The maximum Gasteiger partial charge on any atom is 0.337 e. The van der Waals surface area contributed by atoms with Crippen molar-refractivity contribution in [1.29, 1.82) is 0 Å². The topological polar surface area (TPSA) is 35.5 Å². The Kier molecular flexibility index (Phi) is 7.64. The Hall–Kier alpha value is 0.330. The Balaban J connectivity index is 2.30. The van der Waals surface area contributed by atoms with E-state index in [4.69, 9.17) is 9.47 Å². The van der Waals surface area contributed by atoms with E-state index in [1.165, 1.54) is 0 Å². The highest BCUT2D eigenvalue weighted by Crippen LogP contribution is 2.24. The molecule has 0 heterocycles. The molecule has 0 spiro atoms. The van der Waals surface area contributed by atoms with Crippen molar-refractivity contribution in [3.63, 3.8) is 0 Å². The minimum absolute atomic E-state index is 0.0572. The predicted molar refractivity (Wildman–Crippen MR) is 86.9 cm³/mol. The van der Waals surface area contributed by atoms with E-state index >= 15 is 0 Å². The van der Waals surface area contributed by atoms with Crippen LogP contribution >= 0.6 is 61.1 Å². The SMILES string of the molecule is O=C(COCC(I)=C(Br)I)Oc1ccccc1. The van der Waals surface area contributed by atoms with Crippen molar-refractivity contribution in [3.8, 4) is 5.75 Å². The molecule has 0 amide bonds. The van der Waals surface area contributed by atoms with Gasteiger partial charge in [0.15, 0.2) is 0 Å². The van der Waals surface area contributed by atoms with E-state index in [0.717, 1.165) is 6.07 Å². The number of ether oxygens (including phenoxy) is 2. The molecule has 0 saturated heterocycles. The fourth-order valence-electron chi connectivity index (χ4n) is 0.928. The first-order chi connectivity index (χ1) is 8.09. The first kappa shape index (κ1) is 15.4. The number of hydrogen-bond acceptors (Lipinski definition) is 3. The summed E-state index contributed by atoms with van der Waals surface area (Å²) < 4.78 is 12.3. The van der Waals surface area contributed by atoms with Gasteiger partial charge in [-0.05, 0) is 73.2 Å². The number of benzene rings is 1. The number of hydrogen-bond donors (Lipinski definition) is 0. The Labute approximate surface area is 135 Å². The first-order valence-electron chi connectivity index (χ1n) is 4.62. The third-order valence-electron chi connectivity index (χ3n) is 1.63. The van der Waals surface area contributed by atoms with E-state index in [2.05, 4.69) is 61.1 Å². The summed E-state index contributed by atoms with van der Waals surface area (Å²) in [4.78, 5) is 11.4. The average molecular weight is 523 g/mol. The standard InChI is InChI=1S/C11H9BrI2O3/c12-11(14)9(13)6-16-7-10(15)17-8-4-2-1-3-5-8/h1-5H,6-7H2. The fourth-order valence-corrected chi connectivity index (χ4v) is 1.42. The molecule has 0 fully saturated rings. The predicted octanol–water partition coefficient (Wildman–Crippen LogP) is 4.04. The van der Waals surface area contributed by atoms with Crippen LogP contribution in [0.4, 0.5) is 0 Å². The van der Waals surface area contributed by atoms with Crippen molar-refractivity contribution < 1.29 is 14.3 Å². The number of esters is 1. The molecule has 0 radical (unpaired) electrons. The van der Waals surface area contributed by atoms with Gasteiger partial charge >= 0.3 is 5.97 Å². The molecule has 0 saturated carbocycles. The summed E-state index contributed by atoms with van der Waals surface area (Å²) in [5.74, 6) is 0.131. The quantitative estimate of drug-likeness (QED) is 0.333. The van der Waals surface area contributed by atoms with Crippen molar-refractivity contribution in [3.05, 3.63) is 36.4 Å². The van der Waals surface area contributed by atoms with Gasteiger partial charge in [-0.25, -0.2) is 4.79 Å². The van der Waals surface area contributed by atoms with Crippen LogP contribution in [-0.2, 0) is 9.53 Å². The first-order valence-corrected chi connectivity index (χ1v) is 7.57. The highest BCUT2D eigenvalue weighted by atomic mass is 127. The second-order valence-corrected chi connectivity index (χ2v) is 7.60. The fraction of sp³-hybridized carbons (Fsp3) is 0.182. The van der Waals surface area contributed by atoms with Gasteiger partial charge in [-0.2, -0.15) is 0 Å². The van der Waals surface area contributed by atoms with Crippen LogP contribution in [0.3, 0.4) is 0 Å². The van der Waals surface area contributed by atoms with Crippen molar-refractivity contribution in [2.45, 2.75) is 0 Å². The smallest absolute Gasteiger partial charge is 0.337 e. The van der Waals surface area contributed by atoms with Crippen LogP contribution in [0.5, 0.6) is 5.75 Å². The largest absolute Gasteiger partial charge is 0.425 e. The number of halogens is 3. The molecule has 6 heteroatoms. The van der Waals surface area contributed by atoms with Gasteiger partial charge < -0.3 is 9.47 Å². The lowest BCUT2D eigenvalue weighted by molar-refractivity contribution is -0.139. The summed E-state index contributed by atoms with van der Waals surface area (Å²) in [6.45, 7) is 0.340. The van der Waals surface area contributed by atoms with Crippen LogP contribution in [-0.4, -0.2) is 19.2 Å². The van der Waals surface area contributed by atoms with E-state index in [-0.39, 0.29) is 6.61 Å². The second kappa shape index (κ2) is 8.44. The van der Waals surface area contributed by atoms with Gasteiger partial charge in [0.2, 0.25) is 0 Å². The zero-order chi connectivity index (χ0) is 12.7. The molecule has 0 aromatic heterocycles. The summed E-state index contributed by atoms with van der Waals surface area (Å²) in [7, 11) is 0. The normalized spacial score (nSPS) is 11.9. The molecule has 0 aliphatic carbocycles. The highest BCUT2D eigenvalue weighted by Gasteiger charge is 2.05. The third kappa shape index (κ3) is 6.73. The summed E-state index contributed by atoms with van der Waals surface area (Å²) in [5, 5.41) is 0. The molecule has 3 nitrogen and oxygen atoms in total. The van der Waals surface area contributed by atoms with Crippen LogP contribution in [0.15, 0.2) is 36.4 Å². The Morgan fingerprint density at radius 1 is 1.18 bits per heavy atom. The molecule has 92 valence electrons. The molecule has 1 aromatic carbocycles. The monoisotopic (exact) mass is 522 g/mol. The van der Waals surface area contributed by atoms with Crippen LogP contribution in [0.1, 0.15) is 0 Å². The van der Waals surface area contributed by atoms with Crippen LogP contribution in [0.25, 0.3) is 0 Å². The molecular weight excluding hydrogens is 514 g/mol. The zero-order valence-corrected chi connectivity index (χ0v) is 14.6. The number of para-hydroxylation sites is 1. The van der Waals surface area contributed by atoms with E-state index in [1.807, 2.05) is 18.2 Å². The molecule has 0 aliphatic rings. The Bertz CT molecular complexity index is 402. The highest BCUT2D eigenvalue weighted by molar-refractivity contribution is 14.1. The van der Waals surface area contributed by atoms with Gasteiger partial charge in [0.25, 0.3) is 0 Å². The summed E-state index contributed by atoms with van der Waals surface area (Å²) >= 11 is 7.61. The van der Waals surface area contributed by atoms with Gasteiger partial charge in [0.1, 0.15) is 12.4 Å². The lowest BCUT2D eigenvalue weighted by Gasteiger charge is -2.05. The van der Waals surface area contributed by atoms with E-state index in [1.54, 1.807) is 12.1 Å². The van der Waals surface area contributed by atoms with Crippen LogP contribution in [0, 0.1) is 0 Å². The van der Waals surface area contributed by atoms with E-state index in [0.29, 0.717) is 12.4 Å². The van der Waals surface area contributed by atoms with Crippen LogP contribution in [0.2, 0.25) is 0 Å². The molecule has 1 rings (SSSR count). The van der Waals surface area contributed by atoms with Gasteiger partial charge in [0.05, 0.1) is 9.10 Å². The molecule has 0 unspecified atom stereocenters. The lowest BCUT2D eigenvalue weighted by atomic mass is 10.3. The van der Waals surface area contributed by atoms with Crippen molar-refractivity contribution in [2.75, 3.05) is 13.2 Å². The zero-order valence-electron chi connectivity index (χ0n) is 8.66. The Morgan fingerprint density at radius 2 is 1.82 bits per heavy atom. The third-order valence-corrected chi connectivity index (χ3v) is 5.38. The molecule has 0 atom stereocenters. The summed E-state index contributed by atoms with van der Waals surface area (Å²) in [6, 6.07) is 8.93. The minimum atomic E-state index is -0.398. The molecule has 0 bridgehead atoms. The maximum absolute atomic E-state index is 11.4. The van der Waals surface area contributed by atoms with Gasteiger partial charge in [-0.3, -0.25) is 0 Å². The molecule has 17 heavy (non-hydrogen) atoms. The second-order valence-electron chi connectivity index (χ2n) is 2.95. The van der Waals surface area contributed by atoms with Crippen LogP contribution < -0.4 is 4.74 Å². The molecule has 0 N–H and O–H groups in total. The summed E-state index contributed by atoms with van der Waals surface area (Å²) in [6.07, 6.45) is 0. The molecule has 1 aromatic rings. The number of rotatable bonds is 5. The number of carbonyl (C=O) groups is 1.